The van der Waals surface area contributed by atoms with E-state index in [2.05, 4.69) is 41.3 Å². The Labute approximate surface area is 158 Å². The largest absolute Gasteiger partial charge is 0.497 e. The summed E-state index contributed by atoms with van der Waals surface area (Å²) in [5.74, 6) is 0.891. The summed E-state index contributed by atoms with van der Waals surface area (Å²) in [7, 11) is 5.91. The maximum atomic E-state index is 5.77. The van der Waals surface area contributed by atoms with Gasteiger partial charge >= 0.3 is 0 Å². The summed E-state index contributed by atoms with van der Waals surface area (Å²) in [5, 5.41) is 4.53. The Morgan fingerprint density at radius 1 is 1.08 bits per heavy atom. The number of hydrogen-bond donors (Lipinski definition) is 1. The molecule has 0 bridgehead atoms. The Morgan fingerprint density at radius 3 is 2.28 bits per heavy atom. The zero-order chi connectivity index (χ0) is 18.1. The van der Waals surface area contributed by atoms with Crippen LogP contribution in [0.25, 0.3) is 0 Å². The lowest BCUT2D eigenvalue weighted by Gasteiger charge is -2.30. The highest BCUT2D eigenvalue weighted by Crippen LogP contribution is 2.18. The smallest absolute Gasteiger partial charge is 0.169 e. The molecule has 2 rings (SSSR count). The molecule has 5 heteroatoms. The zero-order valence-corrected chi connectivity index (χ0v) is 16.8. The summed E-state index contributed by atoms with van der Waals surface area (Å²) in [5.41, 5.74) is 1.25. The van der Waals surface area contributed by atoms with E-state index in [4.69, 9.17) is 17.0 Å². The Hall–Kier alpha value is -1.33. The molecule has 0 heterocycles. The fourth-order valence-corrected chi connectivity index (χ4v) is 3.54. The lowest BCUT2D eigenvalue weighted by molar-refractivity contribution is 0.318. The number of ether oxygens (including phenoxy) is 1. The standard InChI is InChI=1S/C20H33N3OS/c1-22(2)14-15-23(16-17-10-12-19(24-3)13-11-17)20(25)21-18-8-6-4-5-7-9-18/h10-13,18H,4-9,14-16H2,1-3H3,(H,21,25). The van der Waals surface area contributed by atoms with E-state index in [-0.39, 0.29) is 0 Å². The predicted molar refractivity (Wildman–Crippen MR) is 109 cm³/mol. The fraction of sp³-hybridized carbons (Fsp3) is 0.650. The first kappa shape index (κ1) is 20.0. The second kappa shape index (κ2) is 10.6. The van der Waals surface area contributed by atoms with E-state index in [0.717, 1.165) is 30.5 Å². The van der Waals surface area contributed by atoms with Crippen LogP contribution < -0.4 is 10.1 Å². The molecule has 4 nitrogen and oxygen atoms in total. The van der Waals surface area contributed by atoms with Gasteiger partial charge in [0.05, 0.1) is 7.11 Å². The maximum absolute atomic E-state index is 5.77. The van der Waals surface area contributed by atoms with Crippen molar-refractivity contribution in [1.29, 1.82) is 0 Å². The van der Waals surface area contributed by atoms with Crippen LogP contribution >= 0.6 is 12.2 Å². The topological polar surface area (TPSA) is 27.7 Å². The molecule has 0 aromatic heterocycles. The number of hydrogen-bond acceptors (Lipinski definition) is 3. The summed E-state index contributed by atoms with van der Waals surface area (Å²) in [6.07, 6.45) is 7.84. The van der Waals surface area contributed by atoms with Crippen LogP contribution in [0.4, 0.5) is 0 Å². The molecule has 1 fully saturated rings. The molecule has 1 aromatic rings. The quantitative estimate of drug-likeness (QED) is 0.590. The second-order valence-electron chi connectivity index (χ2n) is 7.21. The third kappa shape index (κ3) is 7.20. The number of nitrogens with zero attached hydrogens (tertiary/aromatic N) is 2. The van der Waals surface area contributed by atoms with E-state index >= 15 is 0 Å². The van der Waals surface area contributed by atoms with E-state index in [1.54, 1.807) is 7.11 Å². The van der Waals surface area contributed by atoms with Crippen molar-refractivity contribution in [1.82, 2.24) is 15.1 Å². The van der Waals surface area contributed by atoms with Crippen LogP contribution in [-0.4, -0.2) is 55.2 Å². The molecule has 0 radical (unpaired) electrons. The molecule has 1 aromatic carbocycles. The molecule has 0 spiro atoms. The molecule has 0 atom stereocenters. The normalized spacial score (nSPS) is 15.7. The number of rotatable bonds is 7. The summed E-state index contributed by atoms with van der Waals surface area (Å²) in [6.45, 7) is 2.75. The van der Waals surface area contributed by atoms with Crippen molar-refractivity contribution in [2.75, 3.05) is 34.3 Å². The van der Waals surface area contributed by atoms with Gasteiger partial charge in [0.25, 0.3) is 0 Å². The highest BCUT2D eigenvalue weighted by Gasteiger charge is 2.17. The second-order valence-corrected chi connectivity index (χ2v) is 7.60. The van der Waals surface area contributed by atoms with E-state index in [1.165, 1.54) is 44.1 Å². The first-order valence-electron chi connectivity index (χ1n) is 9.41. The minimum absolute atomic E-state index is 0.535. The lowest BCUT2D eigenvalue weighted by Crippen LogP contribution is -2.46. The molecular weight excluding hydrogens is 330 g/mol. The van der Waals surface area contributed by atoms with Crippen LogP contribution in [0.1, 0.15) is 44.1 Å². The molecule has 25 heavy (non-hydrogen) atoms. The molecule has 0 aliphatic heterocycles. The third-order valence-electron chi connectivity index (χ3n) is 4.82. The highest BCUT2D eigenvalue weighted by atomic mass is 32.1. The minimum Gasteiger partial charge on any atom is -0.497 e. The van der Waals surface area contributed by atoms with Crippen molar-refractivity contribution in [2.24, 2.45) is 0 Å². The van der Waals surface area contributed by atoms with Gasteiger partial charge in [0.2, 0.25) is 0 Å². The number of likely N-dealkylation sites (N-methyl/N-ethyl adjacent to an activating group) is 1. The number of thiocarbonyl (C=S) groups is 1. The SMILES string of the molecule is COc1ccc(CN(CCN(C)C)C(=S)NC2CCCCCC2)cc1. The average Bonchev–Trinajstić information content (AvgIpc) is 2.87. The van der Waals surface area contributed by atoms with Gasteiger partial charge < -0.3 is 19.9 Å². The average molecular weight is 364 g/mol. The van der Waals surface area contributed by atoms with Gasteiger partial charge in [0.15, 0.2) is 5.11 Å². The van der Waals surface area contributed by atoms with Crippen LogP contribution in [0.2, 0.25) is 0 Å². The van der Waals surface area contributed by atoms with Crippen molar-refractivity contribution in [3.63, 3.8) is 0 Å². The first-order chi connectivity index (χ1) is 12.1. The third-order valence-corrected chi connectivity index (χ3v) is 5.20. The highest BCUT2D eigenvalue weighted by molar-refractivity contribution is 7.80. The van der Waals surface area contributed by atoms with E-state index in [9.17, 15) is 0 Å². The lowest BCUT2D eigenvalue weighted by atomic mass is 10.1. The molecule has 1 aliphatic rings. The predicted octanol–water partition coefficient (Wildman–Crippen LogP) is 3.66. The van der Waals surface area contributed by atoms with Crippen molar-refractivity contribution in [2.45, 2.75) is 51.1 Å². The summed E-state index contributed by atoms with van der Waals surface area (Å²) in [4.78, 5) is 4.50. The van der Waals surface area contributed by atoms with E-state index in [1.807, 2.05) is 12.1 Å². The summed E-state index contributed by atoms with van der Waals surface area (Å²) < 4.78 is 5.25. The van der Waals surface area contributed by atoms with Gasteiger partial charge in [0, 0.05) is 25.7 Å². The Bertz CT molecular complexity index is 510. The van der Waals surface area contributed by atoms with Crippen molar-refractivity contribution < 1.29 is 4.74 Å². The number of methoxy groups -OCH3 is 1. The molecule has 0 saturated heterocycles. The fourth-order valence-electron chi connectivity index (χ4n) is 3.21. The zero-order valence-electron chi connectivity index (χ0n) is 16.0. The van der Waals surface area contributed by atoms with Gasteiger partial charge in [-0.15, -0.1) is 0 Å². The van der Waals surface area contributed by atoms with Crippen molar-refractivity contribution >= 4 is 17.3 Å². The van der Waals surface area contributed by atoms with Crippen LogP contribution in [0.3, 0.4) is 0 Å². The number of benzene rings is 1. The maximum Gasteiger partial charge on any atom is 0.169 e. The van der Waals surface area contributed by atoms with Crippen molar-refractivity contribution in [3.05, 3.63) is 29.8 Å². The van der Waals surface area contributed by atoms with E-state index < -0.39 is 0 Å². The number of nitrogens with one attached hydrogen (secondary N) is 1. The molecule has 0 unspecified atom stereocenters. The molecular formula is C20H33N3OS. The summed E-state index contributed by atoms with van der Waals surface area (Å²) in [6, 6.07) is 8.81. The molecule has 0 amide bonds. The van der Waals surface area contributed by atoms with E-state index in [0.29, 0.717) is 6.04 Å². The minimum atomic E-state index is 0.535. The molecule has 1 saturated carbocycles. The monoisotopic (exact) mass is 363 g/mol. The van der Waals surface area contributed by atoms with Gasteiger partial charge in [-0.2, -0.15) is 0 Å². The summed E-state index contributed by atoms with van der Waals surface area (Å²) >= 11 is 5.77. The first-order valence-corrected chi connectivity index (χ1v) is 9.82. The van der Waals surface area contributed by atoms with Crippen LogP contribution in [-0.2, 0) is 6.54 Å². The molecule has 1 N–H and O–H groups in total. The van der Waals surface area contributed by atoms with Gasteiger partial charge in [-0.05, 0) is 56.9 Å². The molecule has 1 aliphatic carbocycles. The van der Waals surface area contributed by atoms with Gasteiger partial charge in [-0.25, -0.2) is 0 Å². The Kier molecular flexibility index (Phi) is 8.49. The van der Waals surface area contributed by atoms with Gasteiger partial charge in [-0.1, -0.05) is 37.8 Å². The Balaban J connectivity index is 1.98. The molecule has 140 valence electrons. The van der Waals surface area contributed by atoms with Crippen LogP contribution in [0.5, 0.6) is 5.75 Å². The Morgan fingerprint density at radius 2 is 1.72 bits per heavy atom. The van der Waals surface area contributed by atoms with Gasteiger partial charge in [0.1, 0.15) is 5.75 Å². The van der Waals surface area contributed by atoms with Crippen LogP contribution in [0, 0.1) is 0 Å². The van der Waals surface area contributed by atoms with Gasteiger partial charge in [-0.3, -0.25) is 0 Å². The van der Waals surface area contributed by atoms with Crippen LogP contribution in [0.15, 0.2) is 24.3 Å². The van der Waals surface area contributed by atoms with Crippen molar-refractivity contribution in [3.8, 4) is 5.75 Å².